The van der Waals surface area contributed by atoms with Crippen LogP contribution in [0.1, 0.15) is 20.7 Å². The molecule has 7 heteroatoms. The Morgan fingerprint density at radius 3 is 2.25 bits per heavy atom. The van der Waals surface area contributed by atoms with Gasteiger partial charge in [-0.05, 0) is 30.3 Å². The molecule has 6 nitrogen and oxygen atoms in total. The number of anilines is 1. The summed E-state index contributed by atoms with van der Waals surface area (Å²) in [5.74, 6) is 0.340. The van der Waals surface area contributed by atoms with Gasteiger partial charge < -0.3 is 15.5 Å². The van der Waals surface area contributed by atoms with Crippen LogP contribution in [0.25, 0.3) is 0 Å². The third-order valence-corrected chi connectivity index (χ3v) is 3.74. The van der Waals surface area contributed by atoms with Gasteiger partial charge in [-0.25, -0.2) is 4.98 Å². The van der Waals surface area contributed by atoms with Crippen molar-refractivity contribution in [3.8, 4) is 0 Å². The zero-order chi connectivity index (χ0) is 17.5. The molecule has 0 radical (unpaired) electrons. The lowest BCUT2D eigenvalue weighted by Gasteiger charge is -2.12. The monoisotopic (exact) mass is 390 g/mol. The number of amides is 2. The van der Waals surface area contributed by atoms with Crippen LogP contribution in [0, 0.1) is 0 Å². The van der Waals surface area contributed by atoms with E-state index >= 15 is 0 Å². The zero-order valence-corrected chi connectivity index (χ0v) is 15.1. The Morgan fingerprint density at radius 1 is 1.04 bits per heavy atom. The average molecular weight is 391 g/mol. The number of carbonyl (C=O) groups is 2. The molecule has 0 fully saturated rings. The van der Waals surface area contributed by atoms with Crippen LogP contribution in [0.3, 0.4) is 0 Å². The Balaban J connectivity index is 1.81. The highest BCUT2D eigenvalue weighted by atomic mass is 79.9. The second-order valence-electron chi connectivity index (χ2n) is 5.32. The maximum Gasteiger partial charge on any atom is 0.251 e. The van der Waals surface area contributed by atoms with Gasteiger partial charge >= 0.3 is 0 Å². The van der Waals surface area contributed by atoms with E-state index in [1.165, 1.54) is 0 Å². The minimum Gasteiger partial charge on any atom is -0.363 e. The number of hydrogen-bond acceptors (Lipinski definition) is 4. The van der Waals surface area contributed by atoms with Crippen LogP contribution in [0.15, 0.2) is 47.1 Å². The quantitative estimate of drug-likeness (QED) is 0.740. The van der Waals surface area contributed by atoms with Crippen molar-refractivity contribution in [2.24, 2.45) is 0 Å². The molecule has 2 rings (SSSR count). The summed E-state index contributed by atoms with van der Waals surface area (Å²) < 4.78 is 0.845. The summed E-state index contributed by atoms with van der Waals surface area (Å²) in [7, 11) is 3.73. The molecule has 0 unspecified atom stereocenters. The predicted octanol–water partition coefficient (Wildman–Crippen LogP) is 2.07. The number of nitrogens with zero attached hydrogens (tertiary/aromatic N) is 2. The van der Waals surface area contributed by atoms with Crippen molar-refractivity contribution in [1.82, 2.24) is 15.6 Å². The number of rotatable bonds is 6. The van der Waals surface area contributed by atoms with Gasteiger partial charge in [-0.1, -0.05) is 22.0 Å². The van der Waals surface area contributed by atoms with Crippen molar-refractivity contribution in [2.75, 3.05) is 32.1 Å². The Kier molecular flexibility index (Phi) is 6.31. The molecule has 0 bridgehead atoms. The van der Waals surface area contributed by atoms with Crippen LogP contribution < -0.4 is 15.5 Å². The van der Waals surface area contributed by atoms with Gasteiger partial charge in [-0.2, -0.15) is 0 Å². The molecule has 0 aliphatic rings. The Labute approximate surface area is 149 Å². The molecule has 0 spiro atoms. The number of hydrogen-bond donors (Lipinski definition) is 2. The van der Waals surface area contributed by atoms with E-state index in [1.54, 1.807) is 36.5 Å². The summed E-state index contributed by atoms with van der Waals surface area (Å²) in [5, 5.41) is 5.54. The molecule has 126 valence electrons. The van der Waals surface area contributed by atoms with Crippen LogP contribution in [0.5, 0.6) is 0 Å². The van der Waals surface area contributed by atoms with E-state index in [-0.39, 0.29) is 11.8 Å². The Morgan fingerprint density at radius 2 is 1.67 bits per heavy atom. The first-order valence-electron chi connectivity index (χ1n) is 7.42. The van der Waals surface area contributed by atoms with Gasteiger partial charge in [-0.15, -0.1) is 0 Å². The standard InChI is InChI=1S/C17H19BrN4O2/c1-22(2)15-11-13(6-7-19-15)17(24)21-9-8-20-16(23)12-4-3-5-14(18)10-12/h3-7,10-11H,8-9H2,1-2H3,(H,20,23)(H,21,24). The van der Waals surface area contributed by atoms with Gasteiger partial charge in [0.1, 0.15) is 5.82 Å². The lowest BCUT2D eigenvalue weighted by Crippen LogP contribution is -2.34. The lowest BCUT2D eigenvalue weighted by molar-refractivity contribution is 0.0927. The third kappa shape index (κ3) is 5.06. The SMILES string of the molecule is CN(C)c1cc(C(=O)NCCNC(=O)c2cccc(Br)c2)ccn1. The van der Waals surface area contributed by atoms with E-state index in [4.69, 9.17) is 0 Å². The summed E-state index contributed by atoms with van der Waals surface area (Å²) in [6.07, 6.45) is 1.60. The van der Waals surface area contributed by atoms with E-state index in [1.807, 2.05) is 25.1 Å². The fraction of sp³-hybridized carbons (Fsp3) is 0.235. The lowest BCUT2D eigenvalue weighted by atomic mass is 10.2. The number of benzene rings is 1. The second-order valence-corrected chi connectivity index (χ2v) is 6.23. The first-order valence-corrected chi connectivity index (χ1v) is 8.22. The van der Waals surface area contributed by atoms with Crippen molar-refractivity contribution in [2.45, 2.75) is 0 Å². The summed E-state index contributed by atoms with van der Waals surface area (Å²) in [4.78, 5) is 30.1. The highest BCUT2D eigenvalue weighted by Gasteiger charge is 2.08. The number of aromatic nitrogens is 1. The number of pyridine rings is 1. The summed E-state index contributed by atoms with van der Waals surface area (Å²) in [6, 6.07) is 10.5. The van der Waals surface area contributed by atoms with Gasteiger partial charge in [0.2, 0.25) is 0 Å². The molecule has 0 saturated heterocycles. The fourth-order valence-electron chi connectivity index (χ4n) is 1.99. The molecular weight excluding hydrogens is 372 g/mol. The molecule has 0 aliphatic heterocycles. The van der Waals surface area contributed by atoms with Crippen molar-refractivity contribution < 1.29 is 9.59 Å². The molecule has 1 heterocycles. The zero-order valence-electron chi connectivity index (χ0n) is 13.5. The number of carbonyl (C=O) groups excluding carboxylic acids is 2. The minimum absolute atomic E-state index is 0.177. The smallest absolute Gasteiger partial charge is 0.251 e. The normalized spacial score (nSPS) is 10.1. The third-order valence-electron chi connectivity index (χ3n) is 3.25. The van der Waals surface area contributed by atoms with E-state index in [2.05, 4.69) is 31.5 Å². The van der Waals surface area contributed by atoms with Crippen LogP contribution in [0.4, 0.5) is 5.82 Å². The van der Waals surface area contributed by atoms with Crippen molar-refractivity contribution in [3.05, 3.63) is 58.2 Å². The first kappa shape index (κ1) is 17.9. The molecule has 2 amide bonds. The molecule has 2 N–H and O–H groups in total. The highest BCUT2D eigenvalue weighted by Crippen LogP contribution is 2.11. The summed E-state index contributed by atoms with van der Waals surface area (Å²) in [5.41, 5.74) is 1.10. The molecule has 2 aromatic rings. The summed E-state index contributed by atoms with van der Waals surface area (Å²) in [6.45, 7) is 0.695. The maximum atomic E-state index is 12.1. The molecule has 0 saturated carbocycles. The molecule has 1 aromatic heterocycles. The van der Waals surface area contributed by atoms with Crippen molar-refractivity contribution >= 4 is 33.6 Å². The maximum absolute atomic E-state index is 12.1. The van der Waals surface area contributed by atoms with Crippen LogP contribution >= 0.6 is 15.9 Å². The van der Waals surface area contributed by atoms with Crippen molar-refractivity contribution in [3.63, 3.8) is 0 Å². The molecule has 0 aliphatic carbocycles. The van der Waals surface area contributed by atoms with E-state index in [0.29, 0.717) is 30.0 Å². The molecule has 24 heavy (non-hydrogen) atoms. The summed E-state index contributed by atoms with van der Waals surface area (Å²) >= 11 is 3.33. The molecular formula is C17H19BrN4O2. The van der Waals surface area contributed by atoms with Gasteiger partial charge in [0.25, 0.3) is 11.8 Å². The Hall–Kier alpha value is -2.41. The van der Waals surface area contributed by atoms with Crippen molar-refractivity contribution in [1.29, 1.82) is 0 Å². The fourth-order valence-corrected chi connectivity index (χ4v) is 2.39. The topological polar surface area (TPSA) is 74.3 Å². The van der Waals surface area contributed by atoms with Gasteiger partial charge in [0.15, 0.2) is 0 Å². The number of nitrogens with one attached hydrogen (secondary N) is 2. The predicted molar refractivity (Wildman–Crippen MR) is 97.4 cm³/mol. The van der Waals surface area contributed by atoms with Crippen LogP contribution in [-0.4, -0.2) is 44.0 Å². The molecule has 1 aromatic carbocycles. The van der Waals surface area contributed by atoms with Gasteiger partial charge in [0.05, 0.1) is 0 Å². The highest BCUT2D eigenvalue weighted by molar-refractivity contribution is 9.10. The Bertz CT molecular complexity index is 734. The van der Waals surface area contributed by atoms with E-state index < -0.39 is 0 Å². The van der Waals surface area contributed by atoms with Gasteiger partial charge in [-0.3, -0.25) is 9.59 Å². The van der Waals surface area contributed by atoms with Crippen LogP contribution in [0.2, 0.25) is 0 Å². The van der Waals surface area contributed by atoms with E-state index in [9.17, 15) is 9.59 Å². The van der Waals surface area contributed by atoms with Gasteiger partial charge in [0, 0.05) is 49.0 Å². The van der Waals surface area contributed by atoms with E-state index in [0.717, 1.165) is 4.47 Å². The largest absolute Gasteiger partial charge is 0.363 e. The van der Waals surface area contributed by atoms with Crippen LogP contribution in [-0.2, 0) is 0 Å². The second kappa shape index (κ2) is 8.44. The first-order chi connectivity index (χ1) is 11.5. The minimum atomic E-state index is -0.197. The average Bonchev–Trinajstić information content (AvgIpc) is 2.58. The molecule has 0 atom stereocenters. The number of halogens is 1.